The average Bonchev–Trinajstić information content (AvgIpc) is 2.90. The van der Waals surface area contributed by atoms with Crippen molar-refractivity contribution in [3.8, 4) is 0 Å². The van der Waals surface area contributed by atoms with Gasteiger partial charge in [-0.1, -0.05) is 13.0 Å². The van der Waals surface area contributed by atoms with Crippen molar-refractivity contribution in [2.45, 2.75) is 19.8 Å². The van der Waals surface area contributed by atoms with Gasteiger partial charge in [0.25, 0.3) is 5.91 Å². The van der Waals surface area contributed by atoms with Crippen LogP contribution in [0.15, 0.2) is 34.9 Å². The van der Waals surface area contributed by atoms with Crippen molar-refractivity contribution in [3.63, 3.8) is 0 Å². The summed E-state index contributed by atoms with van der Waals surface area (Å²) in [5.41, 5.74) is 6.47. The maximum Gasteiger partial charge on any atom is 0.252 e. The number of carbonyl (C=O) groups excluding carboxylic acids is 2. The molecule has 1 aromatic heterocycles. The largest absolute Gasteiger partial charge is 0.464 e. The van der Waals surface area contributed by atoms with Crippen LogP contribution in [0.1, 0.15) is 30.1 Å². The van der Waals surface area contributed by atoms with Crippen molar-refractivity contribution in [2.75, 3.05) is 6.54 Å². The molecule has 0 radical (unpaired) electrons. The smallest absolute Gasteiger partial charge is 0.252 e. The standard InChI is InChI=1S/C15H18N2O3/c1-10(14(16)18)4-3-8-17-15(19)12-5-2-6-13-11(12)7-9-20-13/h2,5-7,9-10H,3-4,8H2,1H3,(H2,16,18)(H,17,19). The van der Waals surface area contributed by atoms with Crippen LogP contribution >= 0.6 is 0 Å². The fraction of sp³-hybridized carbons (Fsp3) is 0.333. The summed E-state index contributed by atoms with van der Waals surface area (Å²) in [6.45, 7) is 2.31. The Labute approximate surface area is 117 Å². The van der Waals surface area contributed by atoms with Gasteiger partial charge in [-0.3, -0.25) is 9.59 Å². The highest BCUT2D eigenvalue weighted by Crippen LogP contribution is 2.19. The Balaban J connectivity index is 1.89. The summed E-state index contributed by atoms with van der Waals surface area (Å²) in [6.07, 6.45) is 2.96. The van der Waals surface area contributed by atoms with Crippen LogP contribution < -0.4 is 11.1 Å². The number of amides is 2. The van der Waals surface area contributed by atoms with Crippen molar-refractivity contribution in [2.24, 2.45) is 11.7 Å². The normalized spacial score (nSPS) is 12.2. The van der Waals surface area contributed by atoms with Gasteiger partial charge in [-0.15, -0.1) is 0 Å². The zero-order chi connectivity index (χ0) is 14.5. The second kappa shape index (κ2) is 6.23. The topological polar surface area (TPSA) is 85.3 Å². The first kappa shape index (κ1) is 14.1. The number of fused-ring (bicyclic) bond motifs is 1. The van der Waals surface area contributed by atoms with E-state index in [1.807, 2.05) is 6.07 Å². The Hall–Kier alpha value is -2.30. The first-order valence-corrected chi connectivity index (χ1v) is 6.63. The van der Waals surface area contributed by atoms with Gasteiger partial charge in [-0.25, -0.2) is 0 Å². The summed E-state index contributed by atoms with van der Waals surface area (Å²) in [6, 6.07) is 7.15. The number of hydrogen-bond acceptors (Lipinski definition) is 3. The van der Waals surface area contributed by atoms with Crippen LogP contribution in [-0.4, -0.2) is 18.4 Å². The zero-order valence-electron chi connectivity index (χ0n) is 11.4. The first-order chi connectivity index (χ1) is 9.59. The molecule has 2 aromatic rings. The Morgan fingerprint density at radius 1 is 1.35 bits per heavy atom. The van der Waals surface area contributed by atoms with E-state index in [2.05, 4.69) is 5.32 Å². The predicted octanol–water partition coefficient (Wildman–Crippen LogP) is 2.06. The molecule has 0 aliphatic rings. The number of carbonyl (C=O) groups is 2. The Kier molecular flexibility index (Phi) is 4.40. The third-order valence-corrected chi connectivity index (χ3v) is 3.33. The predicted molar refractivity (Wildman–Crippen MR) is 76.1 cm³/mol. The summed E-state index contributed by atoms with van der Waals surface area (Å²) in [5, 5.41) is 3.64. The van der Waals surface area contributed by atoms with Crippen LogP contribution in [0.5, 0.6) is 0 Å². The lowest BCUT2D eigenvalue weighted by molar-refractivity contribution is -0.121. The van der Waals surface area contributed by atoms with Crippen molar-refractivity contribution >= 4 is 22.8 Å². The molecule has 0 saturated carbocycles. The number of benzene rings is 1. The minimum Gasteiger partial charge on any atom is -0.464 e. The van der Waals surface area contributed by atoms with Crippen molar-refractivity contribution in [1.29, 1.82) is 0 Å². The lowest BCUT2D eigenvalue weighted by Crippen LogP contribution is -2.26. The van der Waals surface area contributed by atoms with Crippen LogP contribution in [-0.2, 0) is 4.79 Å². The summed E-state index contributed by atoms with van der Waals surface area (Å²) in [4.78, 5) is 23.0. The summed E-state index contributed by atoms with van der Waals surface area (Å²) < 4.78 is 5.26. The third kappa shape index (κ3) is 3.17. The van der Waals surface area contributed by atoms with E-state index in [1.54, 1.807) is 31.4 Å². The van der Waals surface area contributed by atoms with E-state index in [-0.39, 0.29) is 17.7 Å². The van der Waals surface area contributed by atoms with E-state index in [0.717, 1.165) is 11.8 Å². The van der Waals surface area contributed by atoms with Gasteiger partial charge in [0.1, 0.15) is 5.58 Å². The van der Waals surface area contributed by atoms with E-state index >= 15 is 0 Å². The van der Waals surface area contributed by atoms with Crippen LogP contribution in [0.2, 0.25) is 0 Å². The summed E-state index contributed by atoms with van der Waals surface area (Å²) >= 11 is 0. The molecule has 2 amide bonds. The molecular formula is C15H18N2O3. The summed E-state index contributed by atoms with van der Waals surface area (Å²) in [5.74, 6) is -0.604. The van der Waals surface area contributed by atoms with Crippen molar-refractivity contribution in [1.82, 2.24) is 5.32 Å². The molecule has 0 aliphatic heterocycles. The SMILES string of the molecule is CC(CCCNC(=O)c1cccc2occc12)C(N)=O. The molecule has 1 unspecified atom stereocenters. The first-order valence-electron chi connectivity index (χ1n) is 6.63. The molecule has 0 bridgehead atoms. The second-order valence-corrected chi connectivity index (χ2v) is 4.84. The molecule has 1 aromatic carbocycles. The molecule has 5 heteroatoms. The lowest BCUT2D eigenvalue weighted by atomic mass is 10.1. The van der Waals surface area contributed by atoms with E-state index in [1.165, 1.54) is 0 Å². The number of nitrogens with one attached hydrogen (secondary N) is 1. The van der Waals surface area contributed by atoms with E-state index in [4.69, 9.17) is 10.2 Å². The molecule has 106 valence electrons. The minimum absolute atomic E-state index is 0.135. The lowest BCUT2D eigenvalue weighted by Gasteiger charge is -2.08. The number of rotatable bonds is 6. The van der Waals surface area contributed by atoms with Crippen molar-refractivity contribution in [3.05, 3.63) is 36.1 Å². The summed E-state index contributed by atoms with van der Waals surface area (Å²) in [7, 11) is 0. The maximum absolute atomic E-state index is 12.1. The van der Waals surface area contributed by atoms with E-state index < -0.39 is 0 Å². The second-order valence-electron chi connectivity index (χ2n) is 4.84. The van der Waals surface area contributed by atoms with Crippen molar-refractivity contribution < 1.29 is 14.0 Å². The van der Waals surface area contributed by atoms with E-state index in [9.17, 15) is 9.59 Å². The van der Waals surface area contributed by atoms with Crippen LogP contribution in [0, 0.1) is 5.92 Å². The van der Waals surface area contributed by atoms with E-state index in [0.29, 0.717) is 24.1 Å². The Morgan fingerprint density at radius 2 is 2.15 bits per heavy atom. The van der Waals surface area contributed by atoms with Gasteiger partial charge in [0.15, 0.2) is 0 Å². The maximum atomic E-state index is 12.1. The van der Waals surface area contributed by atoms with Gasteiger partial charge in [0, 0.05) is 17.8 Å². The molecular weight excluding hydrogens is 256 g/mol. The zero-order valence-corrected chi connectivity index (χ0v) is 11.4. The Morgan fingerprint density at radius 3 is 2.90 bits per heavy atom. The molecule has 5 nitrogen and oxygen atoms in total. The van der Waals surface area contributed by atoms with Crippen LogP contribution in [0.3, 0.4) is 0 Å². The molecule has 1 atom stereocenters. The fourth-order valence-electron chi connectivity index (χ4n) is 2.04. The third-order valence-electron chi connectivity index (χ3n) is 3.33. The number of nitrogens with two attached hydrogens (primary N) is 1. The fourth-order valence-corrected chi connectivity index (χ4v) is 2.04. The van der Waals surface area contributed by atoms with Crippen LogP contribution in [0.25, 0.3) is 11.0 Å². The molecule has 1 heterocycles. The number of hydrogen-bond donors (Lipinski definition) is 2. The minimum atomic E-state index is -0.306. The van der Waals surface area contributed by atoms with Gasteiger partial charge in [0.2, 0.25) is 5.91 Å². The molecule has 20 heavy (non-hydrogen) atoms. The average molecular weight is 274 g/mol. The quantitative estimate of drug-likeness (QED) is 0.791. The number of primary amides is 1. The number of furan rings is 1. The monoisotopic (exact) mass is 274 g/mol. The molecule has 0 saturated heterocycles. The Bertz CT molecular complexity index is 618. The van der Waals surface area contributed by atoms with Gasteiger partial charge >= 0.3 is 0 Å². The van der Waals surface area contributed by atoms with Gasteiger partial charge in [-0.2, -0.15) is 0 Å². The highest BCUT2D eigenvalue weighted by atomic mass is 16.3. The molecule has 3 N–H and O–H groups in total. The molecule has 0 fully saturated rings. The highest BCUT2D eigenvalue weighted by molar-refractivity contribution is 6.05. The van der Waals surface area contributed by atoms with Gasteiger partial charge < -0.3 is 15.5 Å². The van der Waals surface area contributed by atoms with Crippen LogP contribution in [0.4, 0.5) is 0 Å². The molecule has 2 rings (SSSR count). The molecule has 0 aliphatic carbocycles. The highest BCUT2D eigenvalue weighted by Gasteiger charge is 2.12. The van der Waals surface area contributed by atoms with Gasteiger partial charge in [0.05, 0.1) is 11.8 Å². The molecule has 0 spiro atoms. The van der Waals surface area contributed by atoms with Gasteiger partial charge in [-0.05, 0) is 31.0 Å².